The number of allylic oxidation sites excluding steroid dienone is 2. The first kappa shape index (κ1) is 23.6. The van der Waals surface area contributed by atoms with Crippen molar-refractivity contribution in [1.82, 2.24) is 0 Å². The quantitative estimate of drug-likeness (QED) is 0.484. The van der Waals surface area contributed by atoms with Crippen LogP contribution in [0.15, 0.2) is 12.2 Å². The highest BCUT2D eigenvalue weighted by atomic mass is 32.2. The Balaban J connectivity index is 1.72. The lowest BCUT2D eigenvalue weighted by molar-refractivity contribution is -0.315. The van der Waals surface area contributed by atoms with E-state index in [-0.39, 0.29) is 11.2 Å². The lowest BCUT2D eigenvalue weighted by atomic mass is 9.85. The number of thioether (sulfide) groups is 2. The Morgan fingerprint density at radius 3 is 2.48 bits per heavy atom. The van der Waals surface area contributed by atoms with Gasteiger partial charge in [0.25, 0.3) is 0 Å². The number of ketones is 1. The summed E-state index contributed by atoms with van der Waals surface area (Å²) in [5.74, 6) is 2.76. The molecule has 0 radical (unpaired) electrons. The largest absolute Gasteiger partial charge is 0.381 e. The molecule has 3 fully saturated rings. The molecule has 0 N–H and O–H groups in total. The predicted octanol–water partition coefficient (Wildman–Crippen LogP) is 5.17. The zero-order valence-electron chi connectivity index (χ0n) is 18.7. The summed E-state index contributed by atoms with van der Waals surface area (Å²) < 4.78 is 19.0. The van der Waals surface area contributed by atoms with E-state index in [1.165, 1.54) is 11.5 Å². The SMILES string of the molecule is CCOCC(C)(C)C(=O)C=C[C@H]1CCC2(OCC(C)(C)CO2)[C@@H]1CC1SCCS1. The van der Waals surface area contributed by atoms with E-state index in [1.54, 1.807) is 6.08 Å². The first-order chi connectivity index (χ1) is 13.7. The molecule has 1 aliphatic carbocycles. The van der Waals surface area contributed by atoms with E-state index in [1.807, 2.05) is 20.8 Å². The molecule has 0 aromatic carbocycles. The van der Waals surface area contributed by atoms with Crippen LogP contribution in [0.25, 0.3) is 0 Å². The minimum absolute atomic E-state index is 0.0693. The number of hydrogen-bond acceptors (Lipinski definition) is 6. The molecule has 1 saturated carbocycles. The van der Waals surface area contributed by atoms with Gasteiger partial charge in [0.1, 0.15) is 0 Å². The van der Waals surface area contributed by atoms with E-state index < -0.39 is 11.2 Å². The van der Waals surface area contributed by atoms with Crippen molar-refractivity contribution in [2.45, 2.75) is 64.3 Å². The van der Waals surface area contributed by atoms with Crippen molar-refractivity contribution in [3.05, 3.63) is 12.2 Å². The van der Waals surface area contributed by atoms with E-state index in [9.17, 15) is 4.79 Å². The summed E-state index contributed by atoms with van der Waals surface area (Å²) in [5, 5.41) is 0. The van der Waals surface area contributed by atoms with Gasteiger partial charge in [-0.25, -0.2) is 0 Å². The van der Waals surface area contributed by atoms with Crippen LogP contribution in [0, 0.1) is 22.7 Å². The molecule has 1 spiro atoms. The number of ether oxygens (including phenoxy) is 3. The minimum Gasteiger partial charge on any atom is -0.381 e. The van der Waals surface area contributed by atoms with E-state index in [0.29, 0.717) is 29.6 Å². The Bertz CT molecular complexity index is 586. The molecule has 3 aliphatic rings. The van der Waals surface area contributed by atoms with Gasteiger partial charge in [-0.1, -0.05) is 33.8 Å². The van der Waals surface area contributed by atoms with Gasteiger partial charge < -0.3 is 14.2 Å². The number of rotatable bonds is 8. The standard InChI is InChI=1S/C23H38O4S2/c1-6-25-16-22(4,5)19(24)8-7-17-9-10-23(26-14-21(2,3)15-27-23)18(17)13-20-28-11-12-29-20/h7-8,17-18,20H,6,9-16H2,1-5H3/t17-,18+/m0/s1. The number of carbonyl (C=O) groups is 1. The average Bonchev–Trinajstić information content (AvgIpc) is 3.30. The van der Waals surface area contributed by atoms with E-state index >= 15 is 0 Å². The molecular weight excluding hydrogens is 404 g/mol. The molecule has 0 bridgehead atoms. The number of carbonyl (C=O) groups excluding carboxylic acids is 1. The highest BCUT2D eigenvalue weighted by Gasteiger charge is 2.53. The van der Waals surface area contributed by atoms with Gasteiger partial charge in [0.15, 0.2) is 11.6 Å². The fraction of sp³-hybridized carbons (Fsp3) is 0.870. The topological polar surface area (TPSA) is 44.8 Å². The lowest BCUT2D eigenvalue weighted by Gasteiger charge is -2.45. The van der Waals surface area contributed by atoms with Crippen molar-refractivity contribution >= 4 is 29.3 Å². The second-order valence-corrected chi connectivity index (χ2v) is 12.9. The normalized spacial score (nSPS) is 29.8. The van der Waals surface area contributed by atoms with Gasteiger partial charge in [-0.3, -0.25) is 4.79 Å². The van der Waals surface area contributed by atoms with Crippen molar-refractivity contribution < 1.29 is 19.0 Å². The van der Waals surface area contributed by atoms with Crippen LogP contribution in [0.4, 0.5) is 0 Å². The second kappa shape index (κ2) is 9.64. The van der Waals surface area contributed by atoms with Crippen molar-refractivity contribution in [2.75, 3.05) is 37.9 Å². The monoisotopic (exact) mass is 442 g/mol. The van der Waals surface area contributed by atoms with Crippen molar-refractivity contribution in [3.63, 3.8) is 0 Å². The summed E-state index contributed by atoms with van der Waals surface area (Å²) in [4.78, 5) is 12.8. The molecule has 3 rings (SSSR count). The molecule has 2 aliphatic heterocycles. The molecule has 166 valence electrons. The summed E-state index contributed by atoms with van der Waals surface area (Å²) in [7, 11) is 0. The van der Waals surface area contributed by atoms with Gasteiger partial charge in [0, 0.05) is 35.9 Å². The summed E-state index contributed by atoms with van der Waals surface area (Å²) in [5.41, 5.74) is -0.419. The zero-order valence-corrected chi connectivity index (χ0v) is 20.3. The van der Waals surface area contributed by atoms with Gasteiger partial charge in [-0.15, -0.1) is 23.5 Å². The van der Waals surface area contributed by atoms with Crippen molar-refractivity contribution in [1.29, 1.82) is 0 Å². The van der Waals surface area contributed by atoms with Crippen LogP contribution in [0.3, 0.4) is 0 Å². The van der Waals surface area contributed by atoms with Gasteiger partial charge >= 0.3 is 0 Å². The van der Waals surface area contributed by atoms with Crippen LogP contribution in [0.2, 0.25) is 0 Å². The van der Waals surface area contributed by atoms with E-state index in [4.69, 9.17) is 14.2 Å². The fourth-order valence-corrected chi connectivity index (χ4v) is 7.30. The molecule has 4 nitrogen and oxygen atoms in total. The maximum Gasteiger partial charge on any atom is 0.171 e. The summed E-state index contributed by atoms with van der Waals surface area (Å²) in [6.07, 6.45) is 6.97. The molecule has 0 aromatic rings. The van der Waals surface area contributed by atoms with Crippen LogP contribution >= 0.6 is 23.5 Å². The Kier molecular flexibility index (Phi) is 7.86. The van der Waals surface area contributed by atoms with Crippen LogP contribution in [0.5, 0.6) is 0 Å². The second-order valence-electron chi connectivity index (χ2n) is 10.0. The van der Waals surface area contributed by atoms with Gasteiger partial charge in [-0.05, 0) is 31.8 Å². The summed E-state index contributed by atoms with van der Waals surface area (Å²) >= 11 is 4.12. The molecule has 2 atom stereocenters. The van der Waals surface area contributed by atoms with Crippen molar-refractivity contribution in [2.24, 2.45) is 22.7 Å². The van der Waals surface area contributed by atoms with E-state index in [0.717, 1.165) is 32.5 Å². The first-order valence-electron chi connectivity index (χ1n) is 11.0. The highest BCUT2D eigenvalue weighted by Crippen LogP contribution is 2.52. The smallest absolute Gasteiger partial charge is 0.171 e. The lowest BCUT2D eigenvalue weighted by Crippen LogP contribution is -2.50. The maximum absolute atomic E-state index is 12.8. The summed E-state index contributed by atoms with van der Waals surface area (Å²) in [6.45, 7) is 12.9. The Hall–Kier alpha value is -0.0100. The first-order valence-corrected chi connectivity index (χ1v) is 13.1. The van der Waals surface area contributed by atoms with Gasteiger partial charge in [-0.2, -0.15) is 0 Å². The molecule has 2 saturated heterocycles. The Morgan fingerprint density at radius 1 is 1.21 bits per heavy atom. The zero-order chi connectivity index (χ0) is 21.1. The number of hydrogen-bond donors (Lipinski definition) is 0. The molecule has 0 amide bonds. The Morgan fingerprint density at radius 2 is 1.86 bits per heavy atom. The molecule has 2 heterocycles. The molecular formula is C23H38O4S2. The fourth-order valence-electron chi connectivity index (χ4n) is 4.36. The van der Waals surface area contributed by atoms with Crippen LogP contribution < -0.4 is 0 Å². The molecule has 0 aromatic heterocycles. The third-order valence-electron chi connectivity index (χ3n) is 6.29. The van der Waals surface area contributed by atoms with E-state index in [2.05, 4.69) is 43.4 Å². The van der Waals surface area contributed by atoms with Crippen LogP contribution in [-0.4, -0.2) is 54.1 Å². The molecule has 0 unspecified atom stereocenters. The minimum atomic E-state index is -0.489. The average molecular weight is 443 g/mol. The predicted molar refractivity (Wildman–Crippen MR) is 122 cm³/mol. The van der Waals surface area contributed by atoms with Gasteiger partial charge in [0.05, 0.1) is 29.8 Å². The van der Waals surface area contributed by atoms with Crippen LogP contribution in [0.1, 0.15) is 53.9 Å². The third-order valence-corrected chi connectivity index (χ3v) is 9.37. The maximum atomic E-state index is 12.8. The third kappa shape index (κ3) is 5.82. The summed E-state index contributed by atoms with van der Waals surface area (Å²) in [6, 6.07) is 0. The Labute approximate surface area is 185 Å². The highest BCUT2D eigenvalue weighted by molar-refractivity contribution is 8.20. The van der Waals surface area contributed by atoms with Crippen molar-refractivity contribution in [3.8, 4) is 0 Å². The molecule has 6 heteroatoms. The molecule has 29 heavy (non-hydrogen) atoms. The van der Waals surface area contributed by atoms with Gasteiger partial charge in [0.2, 0.25) is 0 Å². The van der Waals surface area contributed by atoms with Crippen LogP contribution in [-0.2, 0) is 19.0 Å².